The molecule has 1 aliphatic carbocycles. The van der Waals surface area contributed by atoms with E-state index in [0.29, 0.717) is 22.8 Å². The van der Waals surface area contributed by atoms with Gasteiger partial charge in [-0.25, -0.2) is 18.6 Å². The van der Waals surface area contributed by atoms with Crippen LogP contribution in [-0.4, -0.2) is 103 Å². The van der Waals surface area contributed by atoms with E-state index < -0.39 is 29.1 Å². The first-order chi connectivity index (χ1) is 18.8. The van der Waals surface area contributed by atoms with Crippen LogP contribution < -0.4 is 20.3 Å². The quantitative estimate of drug-likeness (QED) is 0.402. The van der Waals surface area contributed by atoms with Gasteiger partial charge in [0.25, 0.3) is 11.8 Å². The minimum Gasteiger partial charge on any atom is -0.494 e. The van der Waals surface area contributed by atoms with Crippen LogP contribution in [-0.2, 0) is 7.05 Å². The van der Waals surface area contributed by atoms with Gasteiger partial charge in [-0.2, -0.15) is 5.10 Å². The molecular formula is C23H22B3F2N9O3. The number of ether oxygens (including phenoxy) is 1. The number of nitrogens with one attached hydrogen (secondary N) is 2. The number of rotatable bonds is 8. The molecule has 6 radical (unpaired) electrons. The van der Waals surface area contributed by atoms with Gasteiger partial charge in [-0.05, 0) is 12.1 Å². The average Bonchev–Trinajstić information content (AvgIpc) is 3.46. The lowest BCUT2D eigenvalue weighted by atomic mass is 9.49. The maximum absolute atomic E-state index is 13.4. The van der Waals surface area contributed by atoms with Crippen molar-refractivity contribution in [2.24, 2.45) is 7.05 Å². The molecule has 3 aromatic rings. The van der Waals surface area contributed by atoms with Crippen molar-refractivity contribution >= 4 is 52.7 Å². The third-order valence-corrected chi connectivity index (χ3v) is 6.48. The molecule has 3 amide bonds. The predicted molar refractivity (Wildman–Crippen MR) is 143 cm³/mol. The van der Waals surface area contributed by atoms with Gasteiger partial charge in [0.2, 0.25) is 0 Å². The van der Waals surface area contributed by atoms with Crippen LogP contribution in [0.5, 0.6) is 5.75 Å². The fourth-order valence-corrected chi connectivity index (χ4v) is 4.63. The number of aryl methyl sites for hydroxylation is 1. The predicted octanol–water partition coefficient (Wildman–Crippen LogP) is 0.911. The zero-order chi connectivity index (χ0) is 28.8. The lowest BCUT2D eigenvalue weighted by Crippen LogP contribution is -2.52. The summed E-state index contributed by atoms with van der Waals surface area (Å²) in [7, 11) is 19.8. The van der Waals surface area contributed by atoms with Crippen LogP contribution in [0.1, 0.15) is 23.3 Å². The van der Waals surface area contributed by atoms with Gasteiger partial charge in [-0.3, -0.25) is 14.4 Å². The number of halogens is 2. The normalized spacial score (nSPS) is 17.1. The molecule has 2 aliphatic rings. The van der Waals surface area contributed by atoms with Crippen LogP contribution in [0.2, 0.25) is 0 Å². The SMILES string of the molecule is [B]C([B])([B])NC(=O)c1nnc(N2CCN(C3CC(F)(F)C3)C2=O)cc1Nc1cccc(-c2ncn(C)n2)c1OC. The number of benzene rings is 1. The molecule has 40 heavy (non-hydrogen) atoms. The molecule has 2 N–H and O–H groups in total. The number of anilines is 3. The topological polar surface area (TPSA) is 130 Å². The van der Waals surface area contributed by atoms with Crippen molar-refractivity contribution in [3.05, 3.63) is 36.3 Å². The van der Waals surface area contributed by atoms with Gasteiger partial charge in [0.05, 0.1) is 47.6 Å². The van der Waals surface area contributed by atoms with E-state index in [1.165, 1.54) is 34.0 Å². The second-order valence-corrected chi connectivity index (χ2v) is 9.65. The van der Waals surface area contributed by atoms with E-state index in [4.69, 9.17) is 28.3 Å². The molecule has 2 aromatic heterocycles. The molecule has 12 nitrogen and oxygen atoms in total. The van der Waals surface area contributed by atoms with Gasteiger partial charge in [-0.1, -0.05) is 11.3 Å². The smallest absolute Gasteiger partial charge is 0.326 e. The van der Waals surface area contributed by atoms with Gasteiger partial charge in [0.15, 0.2) is 23.1 Å². The van der Waals surface area contributed by atoms with E-state index in [2.05, 4.69) is 30.9 Å². The van der Waals surface area contributed by atoms with Crippen molar-refractivity contribution in [3.63, 3.8) is 0 Å². The number of hydrogen-bond donors (Lipinski definition) is 2. The van der Waals surface area contributed by atoms with Crippen LogP contribution in [0.15, 0.2) is 30.6 Å². The van der Waals surface area contributed by atoms with Crippen LogP contribution in [0.25, 0.3) is 11.4 Å². The first-order valence-corrected chi connectivity index (χ1v) is 12.2. The number of hydrogen-bond acceptors (Lipinski definition) is 8. The molecule has 5 rings (SSSR count). The molecule has 0 spiro atoms. The first-order valence-electron chi connectivity index (χ1n) is 12.2. The number of para-hydroxylation sites is 1. The Morgan fingerprint density at radius 1 is 1.18 bits per heavy atom. The Bertz CT molecular complexity index is 1460. The van der Waals surface area contributed by atoms with E-state index in [1.807, 2.05) is 0 Å². The summed E-state index contributed by atoms with van der Waals surface area (Å²) in [6, 6.07) is 5.56. The number of carbonyl (C=O) groups is 2. The maximum Gasteiger partial charge on any atom is 0.326 e. The highest BCUT2D eigenvalue weighted by atomic mass is 19.3. The Hall–Kier alpha value is -4.17. The fourth-order valence-electron chi connectivity index (χ4n) is 4.63. The molecule has 1 saturated carbocycles. The van der Waals surface area contributed by atoms with Crippen molar-refractivity contribution < 1.29 is 23.1 Å². The third kappa shape index (κ3) is 5.45. The summed E-state index contributed by atoms with van der Waals surface area (Å²) in [6.07, 6.45) is 0.769. The second-order valence-electron chi connectivity index (χ2n) is 9.65. The van der Waals surface area contributed by atoms with Crippen molar-refractivity contribution in [1.82, 2.24) is 35.2 Å². The number of aromatic nitrogens is 5. The lowest BCUT2D eigenvalue weighted by molar-refractivity contribution is -0.112. The lowest BCUT2D eigenvalue weighted by Gasteiger charge is -2.40. The highest BCUT2D eigenvalue weighted by molar-refractivity contribution is 6.60. The molecule has 1 aromatic carbocycles. The maximum atomic E-state index is 13.4. The standard InChI is InChI=1S/C23H22B3F2N9O3/c1-35-11-29-19(34-35)13-4-3-5-14(18(13)40-2)30-15-8-16(32-33-17(15)20(38)31-23(24,25)26)37-7-6-36(21(37)39)12-9-22(27,28)10-12/h3-5,8,11-12H,6-7,9-10H2,1-2H3,(H,30,32)(H,31,38). The minimum absolute atomic E-state index is 0.0960. The summed E-state index contributed by atoms with van der Waals surface area (Å²) in [6.45, 7) is 0.442. The van der Waals surface area contributed by atoms with E-state index in [-0.39, 0.29) is 43.1 Å². The summed E-state index contributed by atoms with van der Waals surface area (Å²) in [5.41, 5.74) is 0.845. The molecular weight excluding hydrogens is 521 g/mol. The highest BCUT2D eigenvalue weighted by Gasteiger charge is 2.51. The number of urea groups is 1. The Kier molecular flexibility index (Phi) is 6.92. The molecule has 2 fully saturated rings. The Labute approximate surface area is 232 Å². The van der Waals surface area contributed by atoms with Gasteiger partial charge in [-0.15, -0.1) is 10.2 Å². The van der Waals surface area contributed by atoms with E-state index >= 15 is 0 Å². The zero-order valence-electron chi connectivity index (χ0n) is 21.6. The van der Waals surface area contributed by atoms with Gasteiger partial charge < -0.3 is 20.3 Å². The molecule has 0 unspecified atom stereocenters. The van der Waals surface area contributed by atoms with Crippen LogP contribution in [0.3, 0.4) is 0 Å². The zero-order valence-corrected chi connectivity index (χ0v) is 21.6. The Morgan fingerprint density at radius 3 is 2.55 bits per heavy atom. The van der Waals surface area contributed by atoms with Crippen molar-refractivity contribution in [2.75, 3.05) is 30.4 Å². The molecule has 200 valence electrons. The average molecular weight is 543 g/mol. The van der Waals surface area contributed by atoms with Gasteiger partial charge in [0.1, 0.15) is 6.33 Å². The monoisotopic (exact) mass is 543 g/mol. The van der Waals surface area contributed by atoms with Crippen LogP contribution in [0.4, 0.5) is 30.8 Å². The number of nitrogens with zero attached hydrogens (tertiary/aromatic N) is 7. The van der Waals surface area contributed by atoms with E-state index in [0.717, 1.165) is 0 Å². The molecule has 3 heterocycles. The molecule has 1 saturated heterocycles. The minimum atomic E-state index is -2.77. The number of amides is 3. The Balaban J connectivity index is 1.50. The fraction of sp³-hybridized carbons (Fsp3) is 0.391. The second kappa shape index (κ2) is 10.1. The number of carbonyl (C=O) groups excluding carboxylic acids is 2. The third-order valence-electron chi connectivity index (χ3n) is 6.48. The summed E-state index contributed by atoms with van der Waals surface area (Å²) in [5.74, 6) is -2.76. The summed E-state index contributed by atoms with van der Waals surface area (Å²) < 4.78 is 34.0. The number of methoxy groups -OCH3 is 1. The summed E-state index contributed by atoms with van der Waals surface area (Å²) >= 11 is 0. The molecule has 0 bridgehead atoms. The first kappa shape index (κ1) is 27.4. The molecule has 17 heteroatoms. The van der Waals surface area contributed by atoms with Crippen LogP contribution in [0, 0.1) is 0 Å². The number of alkyl halides is 2. The molecule has 1 aliphatic heterocycles. The largest absolute Gasteiger partial charge is 0.494 e. The van der Waals surface area contributed by atoms with Crippen molar-refractivity contribution in [1.29, 1.82) is 0 Å². The van der Waals surface area contributed by atoms with Crippen LogP contribution >= 0.6 is 0 Å². The summed E-state index contributed by atoms with van der Waals surface area (Å²) in [5, 5.41) is 15.6. The Morgan fingerprint density at radius 2 is 1.93 bits per heavy atom. The molecule has 0 atom stereocenters. The van der Waals surface area contributed by atoms with Gasteiger partial charge >= 0.3 is 6.03 Å². The van der Waals surface area contributed by atoms with Gasteiger partial charge in [0, 0.05) is 45.1 Å². The van der Waals surface area contributed by atoms with Crippen molar-refractivity contribution in [3.8, 4) is 17.1 Å². The van der Waals surface area contributed by atoms with E-state index in [1.54, 1.807) is 25.2 Å². The summed E-state index contributed by atoms with van der Waals surface area (Å²) in [4.78, 5) is 33.0. The van der Waals surface area contributed by atoms with E-state index in [9.17, 15) is 18.4 Å². The highest BCUT2D eigenvalue weighted by Crippen LogP contribution is 2.42. The van der Waals surface area contributed by atoms with Crippen molar-refractivity contribution in [2.45, 2.75) is 30.0 Å².